The number of carboxylic acids is 1. The van der Waals surface area contributed by atoms with Crippen molar-refractivity contribution in [3.63, 3.8) is 0 Å². The summed E-state index contributed by atoms with van der Waals surface area (Å²) in [7, 11) is 0. The normalized spacial score (nSPS) is 20.1. The zero-order chi connectivity index (χ0) is 31.8. The highest BCUT2D eigenvalue weighted by Crippen LogP contribution is 2.37. The molecule has 1 aliphatic heterocycles. The minimum atomic E-state index is -4.25. The molecule has 0 atom stereocenters. The molecule has 0 unspecified atom stereocenters. The molecular formula is C33H45F3N6O3. The van der Waals surface area contributed by atoms with Gasteiger partial charge in [0.2, 0.25) is 5.95 Å². The molecule has 1 aliphatic carbocycles. The fourth-order valence-corrected chi connectivity index (χ4v) is 6.46. The summed E-state index contributed by atoms with van der Waals surface area (Å²) in [4.78, 5) is 24.6. The number of carboxylic acid groups (broad SMARTS) is 1. The first-order chi connectivity index (χ1) is 21.6. The molecule has 0 spiro atoms. The Kier molecular flexibility index (Phi) is 11.3. The second kappa shape index (κ2) is 15.4. The van der Waals surface area contributed by atoms with E-state index >= 15 is 0 Å². The first kappa shape index (κ1) is 33.2. The van der Waals surface area contributed by atoms with Gasteiger partial charge in [0, 0.05) is 75.1 Å². The van der Waals surface area contributed by atoms with Gasteiger partial charge in [0.15, 0.2) is 0 Å². The van der Waals surface area contributed by atoms with Crippen LogP contribution in [0.5, 0.6) is 0 Å². The molecule has 9 nitrogen and oxygen atoms in total. The summed E-state index contributed by atoms with van der Waals surface area (Å²) in [6.07, 6.45) is 5.50. The van der Waals surface area contributed by atoms with Crippen molar-refractivity contribution in [2.75, 3.05) is 44.6 Å². The Labute approximate surface area is 262 Å². The van der Waals surface area contributed by atoms with Crippen LogP contribution >= 0.6 is 0 Å². The number of carbonyl (C=O) groups is 1. The van der Waals surface area contributed by atoms with Crippen molar-refractivity contribution in [3.05, 3.63) is 42.2 Å². The molecule has 3 heterocycles. The second-order valence-electron chi connectivity index (χ2n) is 12.5. The maximum Gasteiger partial charge on any atom is 0.390 e. The summed E-state index contributed by atoms with van der Waals surface area (Å²) >= 11 is 0. The van der Waals surface area contributed by atoms with Gasteiger partial charge < -0.3 is 25.0 Å². The molecule has 3 aromatic rings. The quantitative estimate of drug-likeness (QED) is 0.184. The van der Waals surface area contributed by atoms with Gasteiger partial charge in [-0.2, -0.15) is 18.2 Å². The standard InChI is InChI=1S/C33H45F3N6O3/c34-33(35,36)14-15-37-32-38-21-28-29(23-42(31(28)39-32)26-10-12-27(43)13-11-26)25-8-6-24(7-9-25)22-41-19-17-40(18-20-41)16-4-2-1-3-5-30(44)45/h6-9,21,23,26-27,43H,1-5,10-20,22H2,(H,44,45)(H,37,38,39)/t26-,27-. The number of rotatable bonds is 14. The monoisotopic (exact) mass is 630 g/mol. The van der Waals surface area contributed by atoms with Gasteiger partial charge in [0.25, 0.3) is 0 Å². The van der Waals surface area contributed by atoms with Gasteiger partial charge in [-0.15, -0.1) is 0 Å². The molecule has 2 aliphatic rings. The van der Waals surface area contributed by atoms with E-state index in [0.29, 0.717) is 18.5 Å². The molecule has 0 bridgehead atoms. The van der Waals surface area contributed by atoms with Crippen LogP contribution in [0.15, 0.2) is 36.7 Å². The number of benzene rings is 1. The molecule has 12 heteroatoms. The molecule has 1 saturated heterocycles. The number of fused-ring (bicyclic) bond motifs is 1. The Balaban J connectivity index is 1.20. The molecule has 0 radical (unpaired) electrons. The Hall–Kier alpha value is -3.22. The molecule has 2 aromatic heterocycles. The lowest BCUT2D eigenvalue weighted by atomic mass is 9.93. The number of hydrogen-bond donors (Lipinski definition) is 3. The van der Waals surface area contributed by atoms with Crippen LogP contribution in [0.4, 0.5) is 19.1 Å². The molecule has 0 amide bonds. The van der Waals surface area contributed by atoms with E-state index in [-0.39, 0.29) is 31.1 Å². The van der Waals surface area contributed by atoms with Crippen LogP contribution < -0.4 is 5.32 Å². The van der Waals surface area contributed by atoms with Gasteiger partial charge in [-0.25, -0.2) is 4.98 Å². The van der Waals surface area contributed by atoms with Gasteiger partial charge in [0.05, 0.1) is 12.5 Å². The summed E-state index contributed by atoms with van der Waals surface area (Å²) < 4.78 is 40.2. The lowest BCUT2D eigenvalue weighted by Gasteiger charge is -2.34. The summed E-state index contributed by atoms with van der Waals surface area (Å²) in [5, 5.41) is 22.4. The molecular weight excluding hydrogens is 585 g/mol. The van der Waals surface area contributed by atoms with Gasteiger partial charge in [-0.3, -0.25) is 9.69 Å². The zero-order valence-corrected chi connectivity index (χ0v) is 25.8. The van der Waals surface area contributed by atoms with Crippen LogP contribution in [-0.4, -0.2) is 92.1 Å². The maximum atomic E-state index is 12.7. The number of alkyl halides is 3. The number of aromatic nitrogens is 3. The third-order valence-electron chi connectivity index (χ3n) is 9.07. The van der Waals surface area contributed by atoms with Gasteiger partial charge >= 0.3 is 12.1 Å². The van der Waals surface area contributed by atoms with E-state index in [2.05, 4.69) is 60.1 Å². The zero-order valence-electron chi connectivity index (χ0n) is 25.8. The molecule has 5 rings (SSSR count). The molecule has 45 heavy (non-hydrogen) atoms. The average molecular weight is 631 g/mol. The predicted molar refractivity (Wildman–Crippen MR) is 168 cm³/mol. The topological polar surface area (TPSA) is 107 Å². The number of nitrogens with zero attached hydrogens (tertiary/aromatic N) is 5. The lowest BCUT2D eigenvalue weighted by molar-refractivity contribution is -0.137. The summed E-state index contributed by atoms with van der Waals surface area (Å²) in [6, 6.07) is 8.71. The van der Waals surface area contributed by atoms with Crippen molar-refractivity contribution in [3.8, 4) is 11.1 Å². The third kappa shape index (κ3) is 9.64. The highest BCUT2D eigenvalue weighted by atomic mass is 19.4. The Bertz CT molecular complexity index is 1380. The average Bonchev–Trinajstić information content (AvgIpc) is 3.38. The maximum absolute atomic E-state index is 12.7. The number of hydrogen-bond acceptors (Lipinski definition) is 7. The SMILES string of the molecule is O=C(O)CCCCCCN1CCN(Cc2ccc(-c3cn([C@H]4CC[C@H](O)CC4)c4nc(NCCC(F)(F)F)ncc34)cc2)CC1. The van der Waals surface area contributed by atoms with Crippen molar-refractivity contribution in [2.45, 2.75) is 89.1 Å². The fraction of sp³-hybridized carbons (Fsp3) is 0.606. The van der Waals surface area contributed by atoms with E-state index in [1.54, 1.807) is 6.20 Å². The minimum absolute atomic E-state index is 0.150. The van der Waals surface area contributed by atoms with Crippen molar-refractivity contribution in [1.29, 1.82) is 0 Å². The molecule has 246 valence electrons. The van der Waals surface area contributed by atoms with Crippen LogP contribution in [0.2, 0.25) is 0 Å². The largest absolute Gasteiger partial charge is 0.481 e. The van der Waals surface area contributed by atoms with Crippen molar-refractivity contribution in [2.24, 2.45) is 0 Å². The van der Waals surface area contributed by atoms with E-state index in [4.69, 9.17) is 5.11 Å². The van der Waals surface area contributed by atoms with Crippen LogP contribution in [0.3, 0.4) is 0 Å². The van der Waals surface area contributed by atoms with Crippen LogP contribution in [0, 0.1) is 0 Å². The molecule has 1 saturated carbocycles. The number of piperazine rings is 1. The second-order valence-corrected chi connectivity index (χ2v) is 12.5. The van der Waals surface area contributed by atoms with Crippen molar-refractivity contribution < 1.29 is 28.2 Å². The molecule has 1 aromatic carbocycles. The predicted octanol–water partition coefficient (Wildman–Crippen LogP) is 6.09. The summed E-state index contributed by atoms with van der Waals surface area (Å²) in [6.45, 7) is 5.77. The van der Waals surface area contributed by atoms with Crippen molar-refractivity contribution in [1.82, 2.24) is 24.3 Å². The summed E-state index contributed by atoms with van der Waals surface area (Å²) in [5.41, 5.74) is 3.95. The van der Waals surface area contributed by atoms with Gasteiger partial charge in [0.1, 0.15) is 5.65 Å². The van der Waals surface area contributed by atoms with E-state index in [1.807, 2.05) is 0 Å². The summed E-state index contributed by atoms with van der Waals surface area (Å²) in [5.74, 6) is -0.533. The number of aliphatic hydroxyl groups is 1. The highest BCUT2D eigenvalue weighted by molar-refractivity contribution is 5.94. The van der Waals surface area contributed by atoms with Crippen molar-refractivity contribution >= 4 is 23.0 Å². The van der Waals surface area contributed by atoms with Gasteiger partial charge in [-0.1, -0.05) is 37.1 Å². The Morgan fingerprint density at radius 1 is 0.956 bits per heavy atom. The van der Waals surface area contributed by atoms with E-state index in [1.165, 1.54) is 5.56 Å². The number of aliphatic carboxylic acids is 1. The first-order valence-electron chi connectivity index (χ1n) is 16.3. The van der Waals surface area contributed by atoms with E-state index in [9.17, 15) is 23.1 Å². The smallest absolute Gasteiger partial charge is 0.390 e. The van der Waals surface area contributed by atoms with Crippen LogP contribution in [0.25, 0.3) is 22.2 Å². The third-order valence-corrected chi connectivity index (χ3v) is 9.07. The highest BCUT2D eigenvalue weighted by Gasteiger charge is 2.27. The fourth-order valence-electron chi connectivity index (χ4n) is 6.46. The Morgan fingerprint density at radius 2 is 1.64 bits per heavy atom. The number of nitrogens with one attached hydrogen (secondary N) is 1. The van der Waals surface area contributed by atoms with E-state index in [0.717, 1.165) is 94.3 Å². The first-order valence-corrected chi connectivity index (χ1v) is 16.3. The molecule has 2 fully saturated rings. The minimum Gasteiger partial charge on any atom is -0.481 e. The Morgan fingerprint density at radius 3 is 2.33 bits per heavy atom. The van der Waals surface area contributed by atoms with Gasteiger partial charge in [-0.05, 0) is 56.2 Å². The number of unbranched alkanes of at least 4 members (excludes halogenated alkanes) is 3. The number of aliphatic hydroxyl groups excluding tert-OH is 1. The lowest BCUT2D eigenvalue weighted by Crippen LogP contribution is -2.46. The number of anilines is 1. The van der Waals surface area contributed by atoms with E-state index < -0.39 is 18.6 Å². The van der Waals surface area contributed by atoms with Crippen LogP contribution in [-0.2, 0) is 11.3 Å². The van der Waals surface area contributed by atoms with Crippen LogP contribution in [0.1, 0.15) is 75.8 Å². The molecule has 3 N–H and O–H groups in total. The number of halogens is 3.